The minimum atomic E-state index is -0.243. The molecule has 1 saturated heterocycles. The molecule has 2 aromatic rings. The van der Waals surface area contributed by atoms with Crippen LogP contribution in [0.25, 0.3) is 11.0 Å². The minimum absolute atomic E-state index is 0.243. The van der Waals surface area contributed by atoms with Gasteiger partial charge in [-0.3, -0.25) is 0 Å². The fourth-order valence-corrected chi connectivity index (χ4v) is 3.84. The summed E-state index contributed by atoms with van der Waals surface area (Å²) in [6, 6.07) is 5.25. The molecule has 0 radical (unpaired) electrons. The van der Waals surface area contributed by atoms with Crippen molar-refractivity contribution in [2.45, 2.75) is 24.8 Å². The normalized spacial score (nSPS) is 17.4. The first-order chi connectivity index (χ1) is 8.79. The Hall–Kier alpha value is -0.740. The van der Waals surface area contributed by atoms with Gasteiger partial charge in [-0.1, -0.05) is 0 Å². The molecule has 1 aliphatic heterocycles. The lowest BCUT2D eigenvalue weighted by Gasteiger charge is -2.25. The number of nitrogens with zero attached hydrogens (tertiary/aromatic N) is 2. The summed E-state index contributed by atoms with van der Waals surface area (Å²) in [6.45, 7) is 0. The highest BCUT2D eigenvalue weighted by molar-refractivity contribution is 7.99. The van der Waals surface area contributed by atoms with E-state index in [2.05, 4.69) is 9.55 Å². The second-order valence-corrected chi connectivity index (χ2v) is 6.00. The van der Waals surface area contributed by atoms with Gasteiger partial charge in [-0.2, -0.15) is 11.8 Å². The van der Waals surface area contributed by atoms with Gasteiger partial charge in [0.05, 0.1) is 16.9 Å². The van der Waals surface area contributed by atoms with E-state index in [0.29, 0.717) is 17.4 Å². The van der Waals surface area contributed by atoms with Crippen molar-refractivity contribution in [3.05, 3.63) is 29.8 Å². The van der Waals surface area contributed by atoms with Crippen LogP contribution in [0.2, 0.25) is 0 Å². The zero-order valence-electron chi connectivity index (χ0n) is 9.90. The van der Waals surface area contributed by atoms with Crippen LogP contribution in [0, 0.1) is 5.82 Å². The van der Waals surface area contributed by atoms with Crippen LogP contribution in [0.15, 0.2) is 18.2 Å². The van der Waals surface area contributed by atoms with Crippen molar-refractivity contribution >= 4 is 34.4 Å². The van der Waals surface area contributed by atoms with Crippen LogP contribution in [0.4, 0.5) is 4.39 Å². The van der Waals surface area contributed by atoms with Crippen molar-refractivity contribution in [1.29, 1.82) is 0 Å². The summed E-state index contributed by atoms with van der Waals surface area (Å²) in [5.41, 5.74) is 1.72. The molecular weight excluding hydrogens is 271 g/mol. The molecule has 5 heteroatoms. The van der Waals surface area contributed by atoms with E-state index in [9.17, 15) is 4.39 Å². The molecule has 0 spiro atoms. The molecule has 0 N–H and O–H groups in total. The largest absolute Gasteiger partial charge is 0.324 e. The molecule has 0 aliphatic carbocycles. The van der Waals surface area contributed by atoms with Gasteiger partial charge in [0.15, 0.2) is 0 Å². The lowest BCUT2D eigenvalue weighted by molar-refractivity contribution is 0.470. The fraction of sp³-hybridized carbons (Fsp3) is 0.462. The van der Waals surface area contributed by atoms with Crippen LogP contribution in [0.1, 0.15) is 24.7 Å². The van der Waals surface area contributed by atoms with Gasteiger partial charge in [-0.25, -0.2) is 9.37 Å². The van der Waals surface area contributed by atoms with Crippen molar-refractivity contribution in [2.75, 3.05) is 11.5 Å². The van der Waals surface area contributed by atoms with Gasteiger partial charge < -0.3 is 4.57 Å². The Morgan fingerprint density at radius 3 is 2.89 bits per heavy atom. The van der Waals surface area contributed by atoms with E-state index in [4.69, 9.17) is 11.6 Å². The van der Waals surface area contributed by atoms with Crippen molar-refractivity contribution < 1.29 is 4.39 Å². The Morgan fingerprint density at radius 2 is 2.17 bits per heavy atom. The van der Waals surface area contributed by atoms with Crippen LogP contribution in [0.5, 0.6) is 0 Å². The molecule has 1 aromatic carbocycles. The van der Waals surface area contributed by atoms with Crippen LogP contribution in [-0.4, -0.2) is 21.1 Å². The molecule has 1 aliphatic rings. The third-order valence-electron chi connectivity index (χ3n) is 3.40. The first-order valence-corrected chi connectivity index (χ1v) is 7.78. The highest BCUT2D eigenvalue weighted by Crippen LogP contribution is 2.32. The lowest BCUT2D eigenvalue weighted by Crippen LogP contribution is -2.17. The number of hydrogen-bond donors (Lipinski definition) is 0. The first kappa shape index (κ1) is 12.3. The topological polar surface area (TPSA) is 17.8 Å². The molecule has 0 bridgehead atoms. The zero-order valence-corrected chi connectivity index (χ0v) is 11.5. The van der Waals surface area contributed by atoms with E-state index in [-0.39, 0.29) is 5.82 Å². The Labute approximate surface area is 115 Å². The van der Waals surface area contributed by atoms with Gasteiger partial charge in [0.25, 0.3) is 0 Å². The smallest absolute Gasteiger partial charge is 0.125 e. The SMILES string of the molecule is Fc1ccc2c(c1)nc(CCl)n2C1CCSCC1. The molecule has 3 rings (SSSR count). The number of imidazole rings is 1. The number of aromatic nitrogens is 2. The number of thioether (sulfide) groups is 1. The Kier molecular flexibility index (Phi) is 3.48. The molecular formula is C13H14ClFN2S. The highest BCUT2D eigenvalue weighted by atomic mass is 35.5. The molecule has 2 nitrogen and oxygen atoms in total. The summed E-state index contributed by atoms with van der Waals surface area (Å²) >= 11 is 7.97. The maximum Gasteiger partial charge on any atom is 0.125 e. The molecule has 18 heavy (non-hydrogen) atoms. The van der Waals surface area contributed by atoms with Crippen molar-refractivity contribution in [1.82, 2.24) is 9.55 Å². The summed E-state index contributed by atoms with van der Waals surface area (Å²) in [7, 11) is 0. The Balaban J connectivity index is 2.12. The monoisotopic (exact) mass is 284 g/mol. The van der Waals surface area contributed by atoms with Gasteiger partial charge in [-0.05, 0) is 36.5 Å². The van der Waals surface area contributed by atoms with Gasteiger partial charge >= 0.3 is 0 Å². The highest BCUT2D eigenvalue weighted by Gasteiger charge is 2.21. The number of hydrogen-bond acceptors (Lipinski definition) is 2. The van der Waals surface area contributed by atoms with Gasteiger partial charge in [0.1, 0.15) is 11.6 Å². The van der Waals surface area contributed by atoms with Crippen LogP contribution in [0.3, 0.4) is 0 Å². The average Bonchev–Trinajstić information content (AvgIpc) is 2.77. The summed E-state index contributed by atoms with van der Waals surface area (Å²) in [4.78, 5) is 4.45. The molecule has 0 amide bonds. The van der Waals surface area contributed by atoms with Crippen molar-refractivity contribution in [2.24, 2.45) is 0 Å². The quantitative estimate of drug-likeness (QED) is 0.776. The van der Waals surface area contributed by atoms with Crippen molar-refractivity contribution in [3.8, 4) is 0 Å². The van der Waals surface area contributed by atoms with E-state index in [0.717, 1.165) is 24.2 Å². The number of rotatable bonds is 2. The van der Waals surface area contributed by atoms with Crippen LogP contribution >= 0.6 is 23.4 Å². The predicted octanol–water partition coefficient (Wildman–Crippen LogP) is 3.98. The fourth-order valence-electron chi connectivity index (χ4n) is 2.57. The third-order valence-corrected chi connectivity index (χ3v) is 4.69. The molecule has 0 unspecified atom stereocenters. The molecule has 2 heterocycles. The summed E-state index contributed by atoms with van der Waals surface area (Å²) < 4.78 is 15.4. The van der Waals surface area contributed by atoms with Crippen molar-refractivity contribution in [3.63, 3.8) is 0 Å². The Morgan fingerprint density at radius 1 is 1.39 bits per heavy atom. The number of alkyl halides is 1. The predicted molar refractivity (Wildman–Crippen MR) is 74.8 cm³/mol. The molecule has 0 saturated carbocycles. The summed E-state index contributed by atoms with van der Waals surface area (Å²) in [6.07, 6.45) is 2.27. The van der Waals surface area contributed by atoms with Crippen LogP contribution in [-0.2, 0) is 5.88 Å². The van der Waals surface area contributed by atoms with E-state index in [1.165, 1.54) is 23.6 Å². The maximum atomic E-state index is 13.2. The zero-order chi connectivity index (χ0) is 12.5. The standard InChI is InChI=1S/C13H14ClFN2S/c14-8-13-16-11-7-9(15)1-2-12(11)17(13)10-3-5-18-6-4-10/h1-2,7,10H,3-6,8H2. The molecule has 1 fully saturated rings. The number of halogens is 2. The third kappa shape index (κ3) is 2.12. The van der Waals surface area contributed by atoms with E-state index in [1.54, 1.807) is 0 Å². The average molecular weight is 285 g/mol. The number of benzene rings is 1. The Bertz CT molecular complexity index is 563. The maximum absolute atomic E-state index is 13.2. The molecule has 0 atom stereocenters. The summed E-state index contributed by atoms with van der Waals surface area (Å²) in [5.74, 6) is 3.34. The second-order valence-electron chi connectivity index (χ2n) is 4.51. The van der Waals surface area contributed by atoms with E-state index >= 15 is 0 Å². The van der Waals surface area contributed by atoms with Gasteiger partial charge in [0, 0.05) is 12.1 Å². The summed E-state index contributed by atoms with van der Waals surface area (Å²) in [5, 5.41) is 0. The van der Waals surface area contributed by atoms with Gasteiger partial charge in [-0.15, -0.1) is 11.6 Å². The number of fused-ring (bicyclic) bond motifs is 1. The van der Waals surface area contributed by atoms with Gasteiger partial charge in [0.2, 0.25) is 0 Å². The minimum Gasteiger partial charge on any atom is -0.324 e. The molecule has 96 valence electrons. The first-order valence-electron chi connectivity index (χ1n) is 6.09. The second kappa shape index (κ2) is 5.10. The van der Waals surface area contributed by atoms with Crippen LogP contribution < -0.4 is 0 Å². The van der Waals surface area contributed by atoms with E-state index < -0.39 is 0 Å². The molecule has 1 aromatic heterocycles. The van der Waals surface area contributed by atoms with E-state index in [1.807, 2.05) is 17.8 Å². The lowest BCUT2D eigenvalue weighted by atomic mass is 10.1.